The summed E-state index contributed by atoms with van der Waals surface area (Å²) in [4.78, 5) is 7.03. The molecule has 2 aromatic carbocycles. The maximum atomic E-state index is 5.96. The lowest BCUT2D eigenvalue weighted by molar-refractivity contribution is -0.0329. The third-order valence-corrected chi connectivity index (χ3v) is 4.96. The minimum absolute atomic E-state index is 0.148. The zero-order chi connectivity index (χ0) is 18.5. The standard InChI is InChI=1S/C23H25N3O/c1-18-7-5-6-10-21(18)25-23-12-11-19(15-24-23)16-26-13-14-27-22(17-26)20-8-3-2-4-9-20/h2-12,15,22H,13-14,16-17H2,1H3,(H,24,25)/t22-/m1/s1. The molecule has 0 bridgehead atoms. The van der Waals surface area contributed by atoms with E-state index in [1.54, 1.807) is 0 Å². The first-order valence-electron chi connectivity index (χ1n) is 9.44. The Hall–Kier alpha value is -2.69. The van der Waals surface area contributed by atoms with Gasteiger partial charge in [0.2, 0.25) is 0 Å². The molecule has 4 heteroatoms. The van der Waals surface area contributed by atoms with Gasteiger partial charge in [-0.3, -0.25) is 4.90 Å². The average molecular weight is 359 g/mol. The minimum Gasteiger partial charge on any atom is -0.371 e. The highest BCUT2D eigenvalue weighted by molar-refractivity contribution is 5.59. The van der Waals surface area contributed by atoms with Crippen molar-refractivity contribution in [2.75, 3.05) is 25.0 Å². The first-order chi connectivity index (χ1) is 13.3. The van der Waals surface area contributed by atoms with Crippen LogP contribution in [-0.2, 0) is 11.3 Å². The molecule has 3 aromatic rings. The van der Waals surface area contributed by atoms with Crippen LogP contribution in [-0.4, -0.2) is 29.6 Å². The summed E-state index contributed by atoms with van der Waals surface area (Å²) in [6.45, 7) is 5.61. The van der Waals surface area contributed by atoms with Crippen LogP contribution in [0, 0.1) is 6.92 Å². The summed E-state index contributed by atoms with van der Waals surface area (Å²) in [5, 5.41) is 3.39. The Bertz CT molecular complexity index is 864. The Balaban J connectivity index is 1.37. The Morgan fingerprint density at radius 3 is 2.63 bits per heavy atom. The van der Waals surface area contributed by atoms with E-state index in [9.17, 15) is 0 Å². The summed E-state index contributed by atoms with van der Waals surface area (Å²) in [7, 11) is 0. The molecule has 1 saturated heterocycles. The summed E-state index contributed by atoms with van der Waals surface area (Å²) >= 11 is 0. The number of benzene rings is 2. The molecule has 0 amide bonds. The van der Waals surface area contributed by atoms with Crippen LogP contribution in [0.2, 0.25) is 0 Å². The monoisotopic (exact) mass is 359 g/mol. The molecule has 138 valence electrons. The van der Waals surface area contributed by atoms with Gasteiger partial charge in [-0.05, 0) is 35.7 Å². The predicted octanol–water partition coefficient (Wildman–Crippen LogP) is 4.71. The van der Waals surface area contributed by atoms with Gasteiger partial charge < -0.3 is 10.1 Å². The van der Waals surface area contributed by atoms with Crippen molar-refractivity contribution < 1.29 is 4.74 Å². The molecule has 0 aliphatic carbocycles. The van der Waals surface area contributed by atoms with Gasteiger partial charge in [0.25, 0.3) is 0 Å². The van der Waals surface area contributed by atoms with Gasteiger partial charge in [-0.2, -0.15) is 0 Å². The van der Waals surface area contributed by atoms with E-state index in [4.69, 9.17) is 4.74 Å². The van der Waals surface area contributed by atoms with Gasteiger partial charge in [0.1, 0.15) is 5.82 Å². The number of ether oxygens (including phenoxy) is 1. The summed E-state index contributed by atoms with van der Waals surface area (Å²) in [5.74, 6) is 0.872. The van der Waals surface area contributed by atoms with Gasteiger partial charge in [0, 0.05) is 31.5 Å². The molecule has 0 unspecified atom stereocenters. The number of aryl methyl sites for hydroxylation is 1. The Kier molecular flexibility index (Phi) is 5.47. The van der Waals surface area contributed by atoms with Crippen LogP contribution in [0.4, 0.5) is 11.5 Å². The smallest absolute Gasteiger partial charge is 0.130 e. The van der Waals surface area contributed by atoms with Gasteiger partial charge in [-0.15, -0.1) is 0 Å². The van der Waals surface area contributed by atoms with Gasteiger partial charge in [0.05, 0.1) is 12.7 Å². The van der Waals surface area contributed by atoms with Crippen molar-refractivity contribution in [2.24, 2.45) is 0 Å². The molecule has 4 nitrogen and oxygen atoms in total. The van der Waals surface area contributed by atoms with Gasteiger partial charge in [-0.1, -0.05) is 54.6 Å². The zero-order valence-corrected chi connectivity index (χ0v) is 15.6. The van der Waals surface area contributed by atoms with E-state index < -0.39 is 0 Å². The number of morpholine rings is 1. The van der Waals surface area contributed by atoms with Crippen molar-refractivity contribution in [2.45, 2.75) is 19.6 Å². The second kappa shape index (κ2) is 8.33. The predicted molar refractivity (Wildman–Crippen MR) is 109 cm³/mol. The molecule has 2 heterocycles. The Morgan fingerprint density at radius 1 is 1.04 bits per heavy atom. The number of anilines is 2. The molecule has 0 radical (unpaired) electrons. The molecule has 1 aromatic heterocycles. The van der Waals surface area contributed by atoms with Crippen LogP contribution in [0.25, 0.3) is 0 Å². The quantitative estimate of drug-likeness (QED) is 0.716. The minimum atomic E-state index is 0.148. The first kappa shape index (κ1) is 17.7. The highest BCUT2D eigenvalue weighted by Gasteiger charge is 2.21. The number of pyridine rings is 1. The maximum absolute atomic E-state index is 5.96. The van der Waals surface area contributed by atoms with Gasteiger partial charge in [0.15, 0.2) is 0 Å². The third-order valence-electron chi connectivity index (χ3n) is 4.96. The van der Waals surface area contributed by atoms with Crippen molar-refractivity contribution in [1.82, 2.24) is 9.88 Å². The second-order valence-corrected chi connectivity index (χ2v) is 7.00. The number of hydrogen-bond acceptors (Lipinski definition) is 4. The number of hydrogen-bond donors (Lipinski definition) is 1. The summed E-state index contributed by atoms with van der Waals surface area (Å²) in [6.07, 6.45) is 2.11. The van der Waals surface area contributed by atoms with Gasteiger partial charge in [-0.25, -0.2) is 4.98 Å². The van der Waals surface area contributed by atoms with Crippen LogP contribution in [0.3, 0.4) is 0 Å². The Labute approximate surface area is 160 Å². The fourth-order valence-corrected chi connectivity index (χ4v) is 3.42. The van der Waals surface area contributed by atoms with E-state index in [0.29, 0.717) is 0 Å². The van der Waals surface area contributed by atoms with E-state index >= 15 is 0 Å². The van der Waals surface area contributed by atoms with Crippen molar-refractivity contribution in [1.29, 1.82) is 0 Å². The van der Waals surface area contributed by atoms with Crippen LogP contribution in [0.1, 0.15) is 22.8 Å². The molecule has 27 heavy (non-hydrogen) atoms. The molecule has 0 saturated carbocycles. The lowest BCUT2D eigenvalue weighted by atomic mass is 10.1. The zero-order valence-electron chi connectivity index (χ0n) is 15.6. The molecular formula is C23H25N3O. The van der Waals surface area contributed by atoms with E-state index in [-0.39, 0.29) is 6.10 Å². The molecule has 1 aliphatic rings. The molecule has 4 rings (SSSR count). The summed E-state index contributed by atoms with van der Waals surface area (Å²) in [5.41, 5.74) is 4.78. The van der Waals surface area contributed by atoms with Crippen LogP contribution < -0.4 is 5.32 Å². The lowest BCUT2D eigenvalue weighted by Crippen LogP contribution is -2.37. The topological polar surface area (TPSA) is 37.4 Å². The van der Waals surface area contributed by atoms with Crippen LogP contribution >= 0.6 is 0 Å². The van der Waals surface area contributed by atoms with Crippen molar-refractivity contribution in [3.8, 4) is 0 Å². The van der Waals surface area contributed by atoms with Crippen molar-refractivity contribution in [3.63, 3.8) is 0 Å². The molecule has 1 aliphatic heterocycles. The first-order valence-corrected chi connectivity index (χ1v) is 9.44. The average Bonchev–Trinajstić information content (AvgIpc) is 2.72. The number of aromatic nitrogens is 1. The van der Waals surface area contributed by atoms with Crippen LogP contribution in [0.5, 0.6) is 0 Å². The molecule has 1 fully saturated rings. The van der Waals surface area contributed by atoms with E-state index in [2.05, 4.69) is 70.7 Å². The SMILES string of the molecule is Cc1ccccc1Nc1ccc(CN2CCO[C@@H](c3ccccc3)C2)cn1. The normalized spacial score (nSPS) is 17.6. The van der Waals surface area contributed by atoms with Crippen molar-refractivity contribution >= 4 is 11.5 Å². The van der Waals surface area contributed by atoms with Gasteiger partial charge >= 0.3 is 0 Å². The summed E-state index contributed by atoms with van der Waals surface area (Å²) < 4.78 is 5.96. The number of rotatable bonds is 5. The molecule has 1 N–H and O–H groups in total. The fraction of sp³-hybridized carbons (Fsp3) is 0.261. The van der Waals surface area contributed by atoms with E-state index in [0.717, 1.165) is 37.7 Å². The molecular weight excluding hydrogens is 334 g/mol. The lowest BCUT2D eigenvalue weighted by Gasteiger charge is -2.33. The number of nitrogens with one attached hydrogen (secondary N) is 1. The van der Waals surface area contributed by atoms with Crippen molar-refractivity contribution in [3.05, 3.63) is 89.6 Å². The second-order valence-electron chi connectivity index (χ2n) is 7.00. The highest BCUT2D eigenvalue weighted by Crippen LogP contribution is 2.23. The highest BCUT2D eigenvalue weighted by atomic mass is 16.5. The van der Waals surface area contributed by atoms with E-state index in [1.165, 1.54) is 16.7 Å². The largest absolute Gasteiger partial charge is 0.371 e. The van der Waals surface area contributed by atoms with E-state index in [1.807, 2.05) is 24.4 Å². The number of para-hydroxylation sites is 1. The number of nitrogens with zero attached hydrogens (tertiary/aromatic N) is 2. The summed E-state index contributed by atoms with van der Waals surface area (Å²) in [6, 6.07) is 22.9. The van der Waals surface area contributed by atoms with Crippen LogP contribution in [0.15, 0.2) is 72.9 Å². The fourth-order valence-electron chi connectivity index (χ4n) is 3.42. The molecule has 0 spiro atoms. The third kappa shape index (κ3) is 4.54. The molecule has 1 atom stereocenters. The maximum Gasteiger partial charge on any atom is 0.130 e. The Morgan fingerprint density at radius 2 is 1.85 bits per heavy atom.